The zero-order chi connectivity index (χ0) is 39.9. The van der Waals surface area contributed by atoms with Crippen molar-refractivity contribution in [2.24, 2.45) is 5.92 Å². The largest absolute Gasteiger partial charge is 0.496 e. The third-order valence-electron chi connectivity index (χ3n) is 11.6. The monoisotopic (exact) mass is 787 g/mol. The number of hydrogen-bond acceptors (Lipinski definition) is 5. The number of carbonyl (C=O) groups excluding carboxylic acids is 1. The van der Waals surface area contributed by atoms with Gasteiger partial charge in [0.05, 0.1) is 30.8 Å². The number of aromatic nitrogens is 1. The lowest BCUT2D eigenvalue weighted by Gasteiger charge is -2.43. The molecule has 0 radical (unpaired) electrons. The number of nitrogens with zero attached hydrogens (tertiary/aromatic N) is 2. The molecule has 1 aliphatic heterocycles. The zero-order valence-corrected chi connectivity index (χ0v) is 34.0. The van der Waals surface area contributed by atoms with E-state index in [9.17, 15) is 19.1 Å². The summed E-state index contributed by atoms with van der Waals surface area (Å²) >= 11 is 0. The van der Waals surface area contributed by atoms with Gasteiger partial charge in [-0.05, 0) is 64.9 Å². The van der Waals surface area contributed by atoms with Crippen molar-refractivity contribution in [3.63, 3.8) is 0 Å². The Kier molecular flexibility index (Phi) is 10.5. The van der Waals surface area contributed by atoms with Crippen LogP contribution >= 0.6 is 0 Å². The summed E-state index contributed by atoms with van der Waals surface area (Å²) in [5.74, 6) is 1.33. The van der Waals surface area contributed by atoms with Crippen LogP contribution in [-0.2, 0) is 17.4 Å². The van der Waals surface area contributed by atoms with E-state index in [-0.39, 0.29) is 30.1 Å². The maximum Gasteiger partial charge on any atom is 0.404 e. The molecule has 8 rings (SSSR count). The lowest BCUT2D eigenvalue weighted by atomic mass is 10.0. The van der Waals surface area contributed by atoms with E-state index in [0.717, 1.165) is 34.1 Å². The maximum absolute atomic E-state index is 14.9. The van der Waals surface area contributed by atoms with Crippen LogP contribution in [0.2, 0.25) is 5.04 Å². The van der Waals surface area contributed by atoms with Crippen molar-refractivity contribution >= 4 is 52.6 Å². The molecule has 2 amide bonds. The number of alkyl halides is 1. The molecule has 2 atom stereocenters. The summed E-state index contributed by atoms with van der Waals surface area (Å²) in [6, 6.07) is 34.4. The summed E-state index contributed by atoms with van der Waals surface area (Å²) in [5.41, 5.74) is 3.76. The lowest BCUT2D eigenvalue weighted by Crippen LogP contribution is -2.66. The number of halogens is 1. The second-order valence-electron chi connectivity index (χ2n) is 16.6. The Morgan fingerprint density at radius 2 is 1.60 bits per heavy atom. The quantitative estimate of drug-likeness (QED) is 0.121. The molecule has 0 bridgehead atoms. The predicted molar refractivity (Wildman–Crippen MR) is 224 cm³/mol. The minimum atomic E-state index is -2.87. The first-order valence-electron chi connectivity index (χ1n) is 19.9. The Morgan fingerprint density at radius 3 is 2.23 bits per heavy atom. The first kappa shape index (κ1) is 38.5. The van der Waals surface area contributed by atoms with Crippen molar-refractivity contribution in [2.45, 2.75) is 70.3 Å². The SMILES string of the molecule is COc1cc(C(=O)N2C[C@H](F)C[C@@H](NC(=O)O)C2)cc2oc(-c3cc4ccccc4n3CC3CC3)c(CCO[Si](c3ccccc3)(c3ccccc3)C(C)(C)C)c12. The van der Waals surface area contributed by atoms with E-state index < -0.39 is 32.5 Å². The van der Waals surface area contributed by atoms with Gasteiger partial charge in [-0.25, -0.2) is 9.18 Å². The summed E-state index contributed by atoms with van der Waals surface area (Å²) in [6.45, 7) is 7.98. The van der Waals surface area contributed by atoms with E-state index in [1.54, 1.807) is 19.2 Å². The highest BCUT2D eigenvalue weighted by molar-refractivity contribution is 6.99. The molecule has 57 heavy (non-hydrogen) atoms. The van der Waals surface area contributed by atoms with Crippen molar-refractivity contribution in [3.8, 4) is 17.2 Å². The number of carbonyl (C=O) groups is 2. The van der Waals surface area contributed by atoms with Crippen LogP contribution in [-0.4, -0.2) is 73.9 Å². The Morgan fingerprint density at radius 1 is 0.930 bits per heavy atom. The lowest BCUT2D eigenvalue weighted by molar-refractivity contribution is 0.0577. The highest BCUT2D eigenvalue weighted by atomic mass is 28.4. The molecule has 11 heteroatoms. The third kappa shape index (κ3) is 7.46. The number of amides is 2. The molecule has 2 aromatic heterocycles. The fourth-order valence-corrected chi connectivity index (χ4v) is 13.4. The van der Waals surface area contributed by atoms with Crippen molar-refractivity contribution in [1.29, 1.82) is 0 Å². The van der Waals surface area contributed by atoms with E-state index in [1.165, 1.54) is 28.1 Å². The summed E-state index contributed by atoms with van der Waals surface area (Å²) in [5, 5.41) is 15.7. The first-order chi connectivity index (χ1) is 27.5. The number of rotatable bonds is 12. The minimum Gasteiger partial charge on any atom is -0.496 e. The Balaban J connectivity index is 1.25. The van der Waals surface area contributed by atoms with E-state index in [1.807, 2.05) is 18.2 Å². The molecule has 1 saturated carbocycles. The molecule has 9 nitrogen and oxygen atoms in total. The van der Waals surface area contributed by atoms with E-state index >= 15 is 0 Å². The standard InChI is InChI=1S/C46H50FN3O6Si/c1-46(2,3)57(35-14-7-5-8-15-35,36-16-9-6-10-17-36)55-22-21-37-42-40(54-4)24-32(44(51)49-28-33(47)26-34(29-49)48-45(52)53)25-41(42)56-43(37)39-23-31-13-11-12-18-38(31)50(39)27-30-19-20-30/h5-18,23-25,30,33-34,48H,19-22,26-29H2,1-4H3,(H,52,53)/t33-,34-/m1/s1. The van der Waals surface area contributed by atoms with Crippen LogP contribution in [0, 0.1) is 5.92 Å². The van der Waals surface area contributed by atoms with E-state index in [0.29, 0.717) is 36.0 Å². The molecule has 2 aliphatic rings. The van der Waals surface area contributed by atoms with Gasteiger partial charge >= 0.3 is 6.09 Å². The van der Waals surface area contributed by atoms with Crippen molar-refractivity contribution in [3.05, 3.63) is 114 Å². The summed E-state index contributed by atoms with van der Waals surface area (Å²) in [6.07, 6.45) is 0.260. The first-order valence-corrected chi connectivity index (χ1v) is 21.8. The minimum absolute atomic E-state index is 0.00811. The number of methoxy groups -OCH3 is 1. The number of likely N-dealkylation sites (tertiary alicyclic amines) is 1. The molecule has 4 aromatic carbocycles. The van der Waals surface area contributed by atoms with Crippen molar-refractivity contribution < 1.29 is 32.7 Å². The molecule has 1 saturated heterocycles. The van der Waals surface area contributed by atoms with Crippen LogP contribution in [0.1, 0.15) is 56.0 Å². The second kappa shape index (κ2) is 15.5. The number of nitrogens with one attached hydrogen (secondary N) is 1. The van der Waals surface area contributed by atoms with E-state index in [4.69, 9.17) is 13.6 Å². The summed E-state index contributed by atoms with van der Waals surface area (Å²) in [7, 11) is -1.30. The average Bonchev–Trinajstić information content (AvgIpc) is 3.85. The van der Waals surface area contributed by atoms with Gasteiger partial charge in [0.15, 0.2) is 5.76 Å². The van der Waals surface area contributed by atoms with Crippen LogP contribution in [0.3, 0.4) is 0 Å². The van der Waals surface area contributed by atoms with Crippen LogP contribution in [0.25, 0.3) is 33.3 Å². The Hall–Kier alpha value is -5.39. The fourth-order valence-electron chi connectivity index (χ4n) is 8.87. The Bertz CT molecular complexity index is 2360. The maximum atomic E-state index is 14.9. The van der Waals surface area contributed by atoms with Gasteiger partial charge < -0.3 is 33.5 Å². The molecule has 2 fully saturated rings. The number of para-hydroxylation sites is 1. The molecular weight excluding hydrogens is 738 g/mol. The highest BCUT2D eigenvalue weighted by Gasteiger charge is 2.50. The zero-order valence-electron chi connectivity index (χ0n) is 33.0. The molecule has 0 unspecified atom stereocenters. The van der Waals surface area contributed by atoms with Gasteiger partial charge in [-0.1, -0.05) is 99.6 Å². The van der Waals surface area contributed by atoms with Crippen LogP contribution < -0.4 is 20.4 Å². The molecule has 6 aromatic rings. The van der Waals surface area contributed by atoms with Gasteiger partial charge in [-0.3, -0.25) is 4.79 Å². The molecule has 1 aliphatic carbocycles. The van der Waals surface area contributed by atoms with Crippen LogP contribution in [0.4, 0.5) is 9.18 Å². The molecule has 296 valence electrons. The van der Waals surface area contributed by atoms with Gasteiger partial charge in [0.2, 0.25) is 0 Å². The second-order valence-corrected chi connectivity index (χ2v) is 20.9. The molecule has 0 spiro atoms. The number of furan rings is 1. The van der Waals surface area contributed by atoms with Crippen LogP contribution in [0.5, 0.6) is 5.75 Å². The number of fused-ring (bicyclic) bond motifs is 2. The van der Waals surface area contributed by atoms with Crippen molar-refractivity contribution in [2.75, 3.05) is 26.8 Å². The fraction of sp³-hybridized carbons (Fsp3) is 0.348. The number of hydrogen-bond donors (Lipinski definition) is 2. The van der Waals surface area contributed by atoms with Crippen LogP contribution in [0.15, 0.2) is 108 Å². The van der Waals surface area contributed by atoms with Gasteiger partial charge in [0.1, 0.15) is 17.5 Å². The van der Waals surface area contributed by atoms with E-state index in [2.05, 4.69) is 103 Å². The number of piperidine rings is 1. The van der Waals surface area contributed by atoms with Gasteiger partial charge in [-0.15, -0.1) is 0 Å². The van der Waals surface area contributed by atoms with Gasteiger partial charge in [0, 0.05) is 48.1 Å². The number of ether oxygens (including phenoxy) is 1. The summed E-state index contributed by atoms with van der Waals surface area (Å²) in [4.78, 5) is 26.8. The average molecular weight is 788 g/mol. The molecule has 2 N–H and O–H groups in total. The normalized spacial score (nSPS) is 17.6. The summed E-state index contributed by atoms with van der Waals surface area (Å²) < 4.78 is 37.6. The molecular formula is C46H50FN3O6Si. The van der Waals surface area contributed by atoms with Crippen molar-refractivity contribution in [1.82, 2.24) is 14.8 Å². The predicted octanol–water partition coefficient (Wildman–Crippen LogP) is 8.41. The third-order valence-corrected chi connectivity index (χ3v) is 16.6. The van der Waals surface area contributed by atoms with Gasteiger partial charge in [0.25, 0.3) is 14.2 Å². The topological polar surface area (TPSA) is 106 Å². The highest BCUT2D eigenvalue weighted by Crippen LogP contribution is 2.44. The van der Waals surface area contributed by atoms with Gasteiger partial charge in [-0.2, -0.15) is 0 Å². The Labute approximate surface area is 333 Å². The number of benzene rings is 4. The smallest absolute Gasteiger partial charge is 0.404 e. The number of carboxylic acid groups (broad SMARTS) is 1. The molecule has 3 heterocycles.